The molecular weight excluding hydrogens is 194 g/mol. The predicted octanol–water partition coefficient (Wildman–Crippen LogP) is 1.29. The standard InChI is InChI=1S/C11H17NO3/c1-2-3-4-8-7-9(15-11(8)14)5-6-10(12)13/h7,9H,2-6H2,1H3,(H2,12,13). The van der Waals surface area contributed by atoms with Crippen molar-refractivity contribution in [2.24, 2.45) is 5.73 Å². The van der Waals surface area contributed by atoms with E-state index in [1.165, 1.54) is 0 Å². The fourth-order valence-electron chi connectivity index (χ4n) is 1.52. The number of unbranched alkanes of at least 4 members (excludes halogenated alkanes) is 1. The molecule has 2 N–H and O–H groups in total. The third-order valence-corrected chi connectivity index (χ3v) is 2.38. The molecule has 0 saturated heterocycles. The van der Waals surface area contributed by atoms with Gasteiger partial charge in [0.15, 0.2) is 0 Å². The van der Waals surface area contributed by atoms with Gasteiger partial charge in [-0.2, -0.15) is 0 Å². The van der Waals surface area contributed by atoms with Gasteiger partial charge in [0.1, 0.15) is 6.10 Å². The summed E-state index contributed by atoms with van der Waals surface area (Å²) in [6.07, 6.45) is 5.13. The number of esters is 1. The van der Waals surface area contributed by atoms with Gasteiger partial charge in [0.25, 0.3) is 0 Å². The van der Waals surface area contributed by atoms with Gasteiger partial charge in [0.05, 0.1) is 0 Å². The molecule has 0 bridgehead atoms. The average molecular weight is 211 g/mol. The van der Waals surface area contributed by atoms with Crippen molar-refractivity contribution in [1.82, 2.24) is 0 Å². The summed E-state index contributed by atoms with van der Waals surface area (Å²) in [6, 6.07) is 0. The lowest BCUT2D eigenvalue weighted by atomic mass is 10.1. The van der Waals surface area contributed by atoms with Gasteiger partial charge in [-0.25, -0.2) is 4.79 Å². The number of rotatable bonds is 6. The molecule has 1 aliphatic rings. The van der Waals surface area contributed by atoms with Crippen molar-refractivity contribution >= 4 is 11.9 Å². The second-order valence-corrected chi connectivity index (χ2v) is 3.74. The van der Waals surface area contributed by atoms with Crippen LogP contribution in [0.3, 0.4) is 0 Å². The molecule has 0 radical (unpaired) electrons. The van der Waals surface area contributed by atoms with Crippen molar-refractivity contribution in [2.45, 2.75) is 45.1 Å². The Hall–Kier alpha value is -1.32. The lowest BCUT2D eigenvalue weighted by Crippen LogP contribution is -2.15. The van der Waals surface area contributed by atoms with E-state index in [-0.39, 0.29) is 24.4 Å². The van der Waals surface area contributed by atoms with Crippen molar-refractivity contribution in [1.29, 1.82) is 0 Å². The van der Waals surface area contributed by atoms with Gasteiger partial charge < -0.3 is 10.5 Å². The van der Waals surface area contributed by atoms with Crippen LogP contribution in [0.25, 0.3) is 0 Å². The topological polar surface area (TPSA) is 69.4 Å². The molecule has 0 aromatic heterocycles. The number of nitrogens with two attached hydrogens (primary N) is 1. The van der Waals surface area contributed by atoms with Crippen LogP contribution in [-0.2, 0) is 14.3 Å². The SMILES string of the molecule is CCCCC1=CC(CCC(N)=O)OC1=O. The van der Waals surface area contributed by atoms with E-state index in [2.05, 4.69) is 6.92 Å². The first-order valence-electron chi connectivity index (χ1n) is 5.33. The molecule has 1 heterocycles. The summed E-state index contributed by atoms with van der Waals surface area (Å²) in [5.41, 5.74) is 5.76. The Labute approximate surface area is 89.5 Å². The maximum atomic E-state index is 11.3. The van der Waals surface area contributed by atoms with Crippen molar-refractivity contribution < 1.29 is 14.3 Å². The van der Waals surface area contributed by atoms with Gasteiger partial charge in [-0.3, -0.25) is 4.79 Å². The van der Waals surface area contributed by atoms with Gasteiger partial charge in [-0.15, -0.1) is 0 Å². The maximum absolute atomic E-state index is 11.3. The number of carbonyl (C=O) groups excluding carboxylic acids is 2. The molecule has 0 aromatic carbocycles. The summed E-state index contributed by atoms with van der Waals surface area (Å²) in [5.74, 6) is -0.598. The number of hydrogen-bond acceptors (Lipinski definition) is 3. The molecule has 1 unspecified atom stereocenters. The van der Waals surface area contributed by atoms with Crippen LogP contribution >= 0.6 is 0 Å². The summed E-state index contributed by atoms with van der Waals surface area (Å²) < 4.78 is 5.08. The lowest BCUT2D eigenvalue weighted by Gasteiger charge is -2.05. The van der Waals surface area contributed by atoms with E-state index in [1.807, 2.05) is 6.08 Å². The molecule has 0 aromatic rings. The van der Waals surface area contributed by atoms with Gasteiger partial charge in [0.2, 0.25) is 5.91 Å². The zero-order chi connectivity index (χ0) is 11.3. The minimum atomic E-state index is -0.360. The van der Waals surface area contributed by atoms with Crippen LogP contribution in [0.1, 0.15) is 39.0 Å². The van der Waals surface area contributed by atoms with E-state index in [9.17, 15) is 9.59 Å². The van der Waals surface area contributed by atoms with Crippen molar-refractivity contribution in [3.63, 3.8) is 0 Å². The molecule has 84 valence electrons. The van der Waals surface area contributed by atoms with Crippen LogP contribution in [0.2, 0.25) is 0 Å². The van der Waals surface area contributed by atoms with Crippen molar-refractivity contribution in [3.05, 3.63) is 11.6 Å². The number of cyclic esters (lactones) is 1. The minimum Gasteiger partial charge on any atom is -0.455 e. The monoisotopic (exact) mass is 211 g/mol. The number of hydrogen-bond donors (Lipinski definition) is 1. The van der Waals surface area contributed by atoms with Crippen LogP contribution < -0.4 is 5.73 Å². The van der Waals surface area contributed by atoms with E-state index in [4.69, 9.17) is 10.5 Å². The Kier molecular flexibility index (Phi) is 4.34. The first-order chi connectivity index (χ1) is 7.13. The molecule has 4 nitrogen and oxygen atoms in total. The normalized spacial score (nSPS) is 19.9. The Bertz CT molecular complexity index is 284. The highest BCUT2D eigenvalue weighted by atomic mass is 16.5. The summed E-state index contributed by atoms with van der Waals surface area (Å²) in [6.45, 7) is 2.07. The molecule has 1 amide bonds. The van der Waals surface area contributed by atoms with E-state index >= 15 is 0 Å². The Balaban J connectivity index is 2.40. The zero-order valence-corrected chi connectivity index (χ0v) is 8.99. The van der Waals surface area contributed by atoms with E-state index in [0.29, 0.717) is 6.42 Å². The molecule has 0 spiro atoms. The largest absolute Gasteiger partial charge is 0.455 e. The second-order valence-electron chi connectivity index (χ2n) is 3.74. The quantitative estimate of drug-likeness (QED) is 0.673. The average Bonchev–Trinajstić information content (AvgIpc) is 2.53. The summed E-state index contributed by atoms with van der Waals surface area (Å²) in [4.78, 5) is 21.9. The zero-order valence-electron chi connectivity index (χ0n) is 8.99. The molecular formula is C11H17NO3. The van der Waals surface area contributed by atoms with Crippen LogP contribution in [-0.4, -0.2) is 18.0 Å². The summed E-state index contributed by atoms with van der Waals surface area (Å²) >= 11 is 0. The predicted molar refractivity (Wildman–Crippen MR) is 55.9 cm³/mol. The van der Waals surface area contributed by atoms with Gasteiger partial charge in [-0.1, -0.05) is 13.3 Å². The van der Waals surface area contributed by atoms with Crippen LogP contribution in [0.4, 0.5) is 0 Å². The number of carbonyl (C=O) groups is 2. The second kappa shape index (κ2) is 5.53. The highest BCUT2D eigenvalue weighted by molar-refractivity contribution is 5.90. The third kappa shape index (κ3) is 3.73. The smallest absolute Gasteiger partial charge is 0.334 e. The van der Waals surface area contributed by atoms with Gasteiger partial charge in [-0.05, 0) is 25.3 Å². The lowest BCUT2D eigenvalue weighted by molar-refractivity contribution is -0.140. The molecule has 0 fully saturated rings. The van der Waals surface area contributed by atoms with Crippen molar-refractivity contribution in [3.8, 4) is 0 Å². The Morgan fingerprint density at radius 1 is 1.60 bits per heavy atom. The molecule has 0 saturated carbocycles. The van der Waals surface area contributed by atoms with Gasteiger partial charge >= 0.3 is 5.97 Å². The van der Waals surface area contributed by atoms with E-state index in [1.54, 1.807) is 0 Å². The molecule has 0 aliphatic carbocycles. The third-order valence-electron chi connectivity index (χ3n) is 2.38. The molecule has 1 aliphatic heterocycles. The van der Waals surface area contributed by atoms with Crippen LogP contribution in [0.15, 0.2) is 11.6 Å². The van der Waals surface area contributed by atoms with Crippen LogP contribution in [0.5, 0.6) is 0 Å². The molecule has 4 heteroatoms. The minimum absolute atomic E-state index is 0.238. The molecule has 1 atom stereocenters. The van der Waals surface area contributed by atoms with Gasteiger partial charge in [0, 0.05) is 12.0 Å². The summed E-state index contributed by atoms with van der Waals surface area (Å²) in [7, 11) is 0. The Morgan fingerprint density at radius 3 is 2.93 bits per heavy atom. The molecule has 15 heavy (non-hydrogen) atoms. The fraction of sp³-hybridized carbons (Fsp3) is 0.636. The maximum Gasteiger partial charge on any atom is 0.334 e. The molecule has 1 rings (SSSR count). The fourth-order valence-corrected chi connectivity index (χ4v) is 1.52. The van der Waals surface area contributed by atoms with Crippen LogP contribution in [0, 0.1) is 0 Å². The first kappa shape index (κ1) is 11.8. The highest BCUT2D eigenvalue weighted by Crippen LogP contribution is 2.21. The first-order valence-corrected chi connectivity index (χ1v) is 5.33. The number of primary amides is 1. The summed E-state index contributed by atoms with van der Waals surface area (Å²) in [5, 5.41) is 0. The highest BCUT2D eigenvalue weighted by Gasteiger charge is 2.24. The van der Waals surface area contributed by atoms with Crippen molar-refractivity contribution in [2.75, 3.05) is 0 Å². The van der Waals surface area contributed by atoms with E-state index < -0.39 is 0 Å². The number of ether oxygens (including phenoxy) is 1. The van der Waals surface area contributed by atoms with E-state index in [0.717, 1.165) is 24.8 Å². The number of amides is 1. The Morgan fingerprint density at radius 2 is 2.33 bits per heavy atom.